The second kappa shape index (κ2) is 4.77. The molecule has 2 nitrogen and oxygen atoms in total. The lowest BCUT2D eigenvalue weighted by atomic mass is 9.79. The van der Waals surface area contributed by atoms with Crippen molar-refractivity contribution >= 4 is 0 Å². The lowest BCUT2D eigenvalue weighted by Gasteiger charge is -2.29. The summed E-state index contributed by atoms with van der Waals surface area (Å²) in [7, 11) is 0. The van der Waals surface area contributed by atoms with E-state index in [9.17, 15) is 0 Å². The third-order valence-corrected chi connectivity index (χ3v) is 3.34. The summed E-state index contributed by atoms with van der Waals surface area (Å²) in [5.74, 6) is 0. The first kappa shape index (κ1) is 10.7. The largest absolute Gasteiger partial charge is 0.316 e. The fourth-order valence-electron chi connectivity index (χ4n) is 2.40. The van der Waals surface area contributed by atoms with Crippen molar-refractivity contribution in [3.63, 3.8) is 0 Å². The molecule has 1 aliphatic heterocycles. The average molecular weight is 204 g/mol. The highest BCUT2D eigenvalue weighted by atomic mass is 15.0. The highest BCUT2D eigenvalue weighted by Crippen LogP contribution is 2.29. The van der Waals surface area contributed by atoms with Crippen LogP contribution < -0.4 is 10.6 Å². The Hall–Kier alpha value is -0.860. The molecule has 1 aromatic rings. The first-order valence-electron chi connectivity index (χ1n) is 5.84. The van der Waals surface area contributed by atoms with Crippen molar-refractivity contribution in [3.8, 4) is 0 Å². The zero-order chi connectivity index (χ0) is 10.6. The van der Waals surface area contributed by atoms with Crippen LogP contribution in [0.3, 0.4) is 0 Å². The quantitative estimate of drug-likeness (QED) is 0.777. The molecule has 2 N–H and O–H groups in total. The van der Waals surface area contributed by atoms with Gasteiger partial charge in [-0.25, -0.2) is 0 Å². The third kappa shape index (κ3) is 2.21. The molecular formula is C13H20N2. The van der Waals surface area contributed by atoms with Crippen molar-refractivity contribution < 1.29 is 0 Å². The molecule has 1 saturated heterocycles. The van der Waals surface area contributed by atoms with E-state index in [-0.39, 0.29) is 0 Å². The number of hydrogen-bond donors (Lipinski definition) is 2. The van der Waals surface area contributed by atoms with Crippen LogP contribution in [0.15, 0.2) is 30.3 Å². The molecule has 0 aromatic heterocycles. The van der Waals surface area contributed by atoms with E-state index in [1.54, 1.807) is 0 Å². The maximum absolute atomic E-state index is 3.49. The Morgan fingerprint density at radius 2 is 2.13 bits per heavy atom. The van der Waals surface area contributed by atoms with E-state index < -0.39 is 0 Å². The first-order chi connectivity index (χ1) is 7.37. The molecule has 1 atom stereocenters. The summed E-state index contributed by atoms with van der Waals surface area (Å²) >= 11 is 0. The standard InChI is InChI=1S/C13H20N2/c1-2-14-10-13(8-9-15-11-13)12-6-4-3-5-7-12/h3-7,14-15H,2,8-11H2,1H3. The van der Waals surface area contributed by atoms with Crippen LogP contribution in [0.1, 0.15) is 18.9 Å². The van der Waals surface area contributed by atoms with Crippen molar-refractivity contribution in [1.82, 2.24) is 10.6 Å². The Balaban J connectivity index is 2.19. The number of nitrogens with one attached hydrogen (secondary N) is 2. The van der Waals surface area contributed by atoms with Crippen LogP contribution in [0.5, 0.6) is 0 Å². The smallest absolute Gasteiger partial charge is 0.0214 e. The molecule has 2 rings (SSSR count). The molecule has 0 amide bonds. The fraction of sp³-hybridized carbons (Fsp3) is 0.538. The van der Waals surface area contributed by atoms with E-state index >= 15 is 0 Å². The molecule has 82 valence electrons. The van der Waals surface area contributed by atoms with Crippen LogP contribution in [0, 0.1) is 0 Å². The van der Waals surface area contributed by atoms with Gasteiger partial charge in [0.15, 0.2) is 0 Å². The summed E-state index contributed by atoms with van der Waals surface area (Å²) in [6.07, 6.45) is 1.24. The van der Waals surface area contributed by atoms with Gasteiger partial charge in [0.2, 0.25) is 0 Å². The molecule has 1 unspecified atom stereocenters. The number of likely N-dealkylation sites (N-methyl/N-ethyl adjacent to an activating group) is 1. The van der Waals surface area contributed by atoms with Crippen LogP contribution in [0.25, 0.3) is 0 Å². The van der Waals surface area contributed by atoms with E-state index in [2.05, 4.69) is 47.9 Å². The third-order valence-electron chi connectivity index (χ3n) is 3.34. The van der Waals surface area contributed by atoms with Gasteiger partial charge in [0.1, 0.15) is 0 Å². The zero-order valence-electron chi connectivity index (χ0n) is 9.42. The highest BCUT2D eigenvalue weighted by Gasteiger charge is 2.34. The zero-order valence-corrected chi connectivity index (χ0v) is 9.42. The molecule has 1 heterocycles. The minimum Gasteiger partial charge on any atom is -0.316 e. The average Bonchev–Trinajstić information content (AvgIpc) is 2.78. The van der Waals surface area contributed by atoms with Gasteiger partial charge in [-0.05, 0) is 25.1 Å². The summed E-state index contributed by atoms with van der Waals surface area (Å²) in [6, 6.07) is 10.9. The maximum atomic E-state index is 3.49. The summed E-state index contributed by atoms with van der Waals surface area (Å²) in [6.45, 7) is 6.54. The van der Waals surface area contributed by atoms with E-state index in [1.807, 2.05) is 0 Å². The van der Waals surface area contributed by atoms with Gasteiger partial charge in [0.05, 0.1) is 0 Å². The molecule has 0 radical (unpaired) electrons. The normalized spacial score (nSPS) is 25.7. The number of benzene rings is 1. The topological polar surface area (TPSA) is 24.1 Å². The molecule has 0 saturated carbocycles. The van der Waals surface area contributed by atoms with Crippen LogP contribution in [0.2, 0.25) is 0 Å². The van der Waals surface area contributed by atoms with E-state index in [4.69, 9.17) is 0 Å². The van der Waals surface area contributed by atoms with Gasteiger partial charge < -0.3 is 10.6 Å². The molecule has 2 heteroatoms. The van der Waals surface area contributed by atoms with Gasteiger partial charge in [-0.15, -0.1) is 0 Å². The lowest BCUT2D eigenvalue weighted by Crippen LogP contribution is -2.40. The predicted octanol–water partition coefficient (Wildman–Crippen LogP) is 1.53. The Morgan fingerprint density at radius 3 is 2.73 bits per heavy atom. The molecule has 15 heavy (non-hydrogen) atoms. The fourth-order valence-corrected chi connectivity index (χ4v) is 2.40. The lowest BCUT2D eigenvalue weighted by molar-refractivity contribution is 0.435. The molecule has 1 aliphatic rings. The van der Waals surface area contributed by atoms with Crippen LogP contribution >= 0.6 is 0 Å². The number of rotatable bonds is 4. The minimum atomic E-state index is 0.317. The summed E-state index contributed by atoms with van der Waals surface area (Å²) in [5.41, 5.74) is 1.79. The molecule has 1 aromatic carbocycles. The van der Waals surface area contributed by atoms with Crippen molar-refractivity contribution in [2.45, 2.75) is 18.8 Å². The minimum absolute atomic E-state index is 0.317. The van der Waals surface area contributed by atoms with Crippen LogP contribution in [-0.2, 0) is 5.41 Å². The van der Waals surface area contributed by atoms with Crippen molar-refractivity contribution in [2.24, 2.45) is 0 Å². The predicted molar refractivity (Wildman–Crippen MR) is 64.2 cm³/mol. The maximum Gasteiger partial charge on any atom is 0.0214 e. The molecule has 0 spiro atoms. The van der Waals surface area contributed by atoms with Gasteiger partial charge in [0, 0.05) is 18.5 Å². The van der Waals surface area contributed by atoms with Gasteiger partial charge >= 0.3 is 0 Å². The van der Waals surface area contributed by atoms with Crippen molar-refractivity contribution in [1.29, 1.82) is 0 Å². The summed E-state index contributed by atoms with van der Waals surface area (Å²) in [4.78, 5) is 0. The molecule has 0 bridgehead atoms. The van der Waals surface area contributed by atoms with Gasteiger partial charge in [0.25, 0.3) is 0 Å². The molecule has 1 fully saturated rings. The summed E-state index contributed by atoms with van der Waals surface area (Å²) in [5, 5.41) is 6.97. The van der Waals surface area contributed by atoms with E-state index in [0.29, 0.717) is 5.41 Å². The number of hydrogen-bond acceptors (Lipinski definition) is 2. The van der Waals surface area contributed by atoms with Crippen LogP contribution in [-0.4, -0.2) is 26.2 Å². The molecule has 0 aliphatic carbocycles. The Labute approximate surface area is 92.1 Å². The Kier molecular flexibility index (Phi) is 3.39. The van der Waals surface area contributed by atoms with Crippen LogP contribution in [0.4, 0.5) is 0 Å². The van der Waals surface area contributed by atoms with E-state index in [1.165, 1.54) is 12.0 Å². The van der Waals surface area contributed by atoms with Crippen molar-refractivity contribution in [2.75, 3.05) is 26.2 Å². The van der Waals surface area contributed by atoms with E-state index in [0.717, 1.165) is 26.2 Å². The monoisotopic (exact) mass is 204 g/mol. The summed E-state index contributed by atoms with van der Waals surface area (Å²) < 4.78 is 0. The van der Waals surface area contributed by atoms with Crippen molar-refractivity contribution in [3.05, 3.63) is 35.9 Å². The second-order valence-electron chi connectivity index (χ2n) is 4.35. The second-order valence-corrected chi connectivity index (χ2v) is 4.35. The SMILES string of the molecule is CCNCC1(c2ccccc2)CCNC1. The Morgan fingerprint density at radius 1 is 1.33 bits per heavy atom. The molecular weight excluding hydrogens is 184 g/mol. The highest BCUT2D eigenvalue weighted by molar-refractivity contribution is 5.28. The first-order valence-corrected chi connectivity index (χ1v) is 5.84. The van der Waals surface area contributed by atoms with Gasteiger partial charge in [-0.1, -0.05) is 37.3 Å². The van der Waals surface area contributed by atoms with Gasteiger partial charge in [-0.2, -0.15) is 0 Å². The Bertz CT molecular complexity index is 289. The van der Waals surface area contributed by atoms with Gasteiger partial charge in [-0.3, -0.25) is 0 Å².